The van der Waals surface area contributed by atoms with Crippen molar-refractivity contribution in [3.8, 4) is 0 Å². The van der Waals surface area contributed by atoms with E-state index in [9.17, 15) is 4.79 Å². The first-order valence-corrected chi connectivity index (χ1v) is 6.48. The molecule has 3 heterocycles. The Hall–Kier alpha value is -2.44. The van der Waals surface area contributed by atoms with Gasteiger partial charge in [-0.3, -0.25) is 9.78 Å². The first kappa shape index (κ1) is 12.6. The number of amides is 1. The standard InChI is InChI=1S/C13H15N5O2/c1-10-15-16-13(20-10)18-7-5-17(6-8-18)12(19)11-3-2-4-14-9-11/h2-4,9H,5-8H2,1H3. The van der Waals surface area contributed by atoms with E-state index in [1.165, 1.54) is 0 Å². The topological polar surface area (TPSA) is 75.4 Å². The minimum absolute atomic E-state index is 0.0134. The van der Waals surface area contributed by atoms with E-state index >= 15 is 0 Å². The van der Waals surface area contributed by atoms with Crippen molar-refractivity contribution in [2.45, 2.75) is 6.92 Å². The quantitative estimate of drug-likeness (QED) is 0.803. The summed E-state index contributed by atoms with van der Waals surface area (Å²) in [6.07, 6.45) is 3.25. The highest BCUT2D eigenvalue weighted by Gasteiger charge is 2.24. The maximum absolute atomic E-state index is 12.3. The van der Waals surface area contributed by atoms with E-state index in [2.05, 4.69) is 15.2 Å². The van der Waals surface area contributed by atoms with Crippen molar-refractivity contribution < 1.29 is 9.21 Å². The van der Waals surface area contributed by atoms with E-state index in [-0.39, 0.29) is 5.91 Å². The van der Waals surface area contributed by atoms with Crippen LogP contribution in [0.1, 0.15) is 16.2 Å². The Morgan fingerprint density at radius 1 is 1.25 bits per heavy atom. The minimum atomic E-state index is 0.0134. The predicted molar refractivity (Wildman–Crippen MR) is 71.4 cm³/mol. The SMILES string of the molecule is Cc1nnc(N2CCN(C(=O)c3cccnc3)CC2)o1. The van der Waals surface area contributed by atoms with Gasteiger partial charge in [0, 0.05) is 45.5 Å². The Balaban J connectivity index is 1.63. The lowest BCUT2D eigenvalue weighted by atomic mass is 10.2. The lowest BCUT2D eigenvalue weighted by molar-refractivity contribution is 0.0744. The Morgan fingerprint density at radius 2 is 2.05 bits per heavy atom. The van der Waals surface area contributed by atoms with Crippen LogP contribution in [0.15, 0.2) is 28.9 Å². The van der Waals surface area contributed by atoms with Crippen LogP contribution in [0.5, 0.6) is 0 Å². The van der Waals surface area contributed by atoms with Crippen LogP contribution >= 0.6 is 0 Å². The second-order valence-electron chi connectivity index (χ2n) is 4.62. The van der Waals surface area contributed by atoms with Gasteiger partial charge in [-0.1, -0.05) is 5.10 Å². The normalized spacial score (nSPS) is 15.4. The molecule has 7 heteroatoms. The van der Waals surface area contributed by atoms with Gasteiger partial charge in [0.15, 0.2) is 0 Å². The van der Waals surface area contributed by atoms with Crippen LogP contribution in [-0.2, 0) is 0 Å². The Bertz CT molecular complexity index is 590. The van der Waals surface area contributed by atoms with Gasteiger partial charge in [-0.25, -0.2) is 0 Å². The minimum Gasteiger partial charge on any atom is -0.408 e. The van der Waals surface area contributed by atoms with Crippen LogP contribution in [0.3, 0.4) is 0 Å². The Morgan fingerprint density at radius 3 is 2.65 bits per heavy atom. The smallest absolute Gasteiger partial charge is 0.318 e. The second kappa shape index (κ2) is 5.28. The molecule has 20 heavy (non-hydrogen) atoms. The summed E-state index contributed by atoms with van der Waals surface area (Å²) in [5.41, 5.74) is 0.620. The number of aromatic nitrogens is 3. The third kappa shape index (κ3) is 2.47. The van der Waals surface area contributed by atoms with Crippen molar-refractivity contribution in [2.75, 3.05) is 31.1 Å². The first-order chi connectivity index (χ1) is 9.74. The lowest BCUT2D eigenvalue weighted by Gasteiger charge is -2.33. The highest BCUT2D eigenvalue weighted by atomic mass is 16.4. The molecule has 0 saturated carbocycles. The van der Waals surface area contributed by atoms with Gasteiger partial charge in [0.25, 0.3) is 5.91 Å². The molecule has 1 saturated heterocycles. The van der Waals surface area contributed by atoms with Crippen molar-refractivity contribution in [1.82, 2.24) is 20.1 Å². The summed E-state index contributed by atoms with van der Waals surface area (Å²) in [6.45, 7) is 4.41. The molecule has 2 aromatic rings. The summed E-state index contributed by atoms with van der Waals surface area (Å²) in [6, 6.07) is 4.07. The molecule has 0 unspecified atom stereocenters. The molecule has 0 aliphatic carbocycles. The molecule has 0 atom stereocenters. The van der Waals surface area contributed by atoms with Crippen molar-refractivity contribution in [1.29, 1.82) is 0 Å². The molecule has 1 fully saturated rings. The number of piperazine rings is 1. The summed E-state index contributed by atoms with van der Waals surface area (Å²) >= 11 is 0. The maximum Gasteiger partial charge on any atom is 0.318 e. The van der Waals surface area contributed by atoms with Crippen LogP contribution in [0, 0.1) is 6.92 Å². The highest BCUT2D eigenvalue weighted by molar-refractivity contribution is 5.94. The Kier molecular flexibility index (Phi) is 3.32. The molecule has 0 bridgehead atoms. The molecule has 0 radical (unpaired) electrons. The molecule has 0 spiro atoms. The zero-order valence-electron chi connectivity index (χ0n) is 11.2. The molecule has 2 aromatic heterocycles. The fourth-order valence-corrected chi connectivity index (χ4v) is 2.19. The monoisotopic (exact) mass is 273 g/mol. The van der Waals surface area contributed by atoms with Crippen LogP contribution in [0.2, 0.25) is 0 Å². The first-order valence-electron chi connectivity index (χ1n) is 6.48. The largest absolute Gasteiger partial charge is 0.408 e. The molecule has 104 valence electrons. The number of pyridine rings is 1. The summed E-state index contributed by atoms with van der Waals surface area (Å²) < 4.78 is 5.39. The molecule has 0 N–H and O–H groups in total. The summed E-state index contributed by atoms with van der Waals surface area (Å²) in [4.78, 5) is 20.0. The molecule has 1 aliphatic rings. The lowest BCUT2D eigenvalue weighted by Crippen LogP contribution is -2.49. The van der Waals surface area contributed by atoms with Gasteiger partial charge in [-0.05, 0) is 12.1 Å². The zero-order valence-corrected chi connectivity index (χ0v) is 11.2. The van der Waals surface area contributed by atoms with Gasteiger partial charge in [0.1, 0.15) is 0 Å². The maximum atomic E-state index is 12.3. The predicted octanol–water partition coefficient (Wildman–Crippen LogP) is 0.735. The van der Waals surface area contributed by atoms with Gasteiger partial charge in [-0.15, -0.1) is 5.10 Å². The number of aryl methyl sites for hydroxylation is 1. The van der Waals surface area contributed by atoms with E-state index in [1.54, 1.807) is 31.5 Å². The van der Waals surface area contributed by atoms with Crippen molar-refractivity contribution >= 4 is 11.9 Å². The summed E-state index contributed by atoms with van der Waals surface area (Å²) in [7, 11) is 0. The van der Waals surface area contributed by atoms with Crippen LogP contribution in [-0.4, -0.2) is 52.2 Å². The van der Waals surface area contributed by atoms with Gasteiger partial charge in [0.05, 0.1) is 5.56 Å². The van der Waals surface area contributed by atoms with Crippen molar-refractivity contribution in [2.24, 2.45) is 0 Å². The average Bonchev–Trinajstić information content (AvgIpc) is 2.94. The second-order valence-corrected chi connectivity index (χ2v) is 4.62. The van der Waals surface area contributed by atoms with Gasteiger partial charge < -0.3 is 14.2 Å². The number of hydrogen-bond donors (Lipinski definition) is 0. The number of hydrogen-bond acceptors (Lipinski definition) is 6. The zero-order chi connectivity index (χ0) is 13.9. The van der Waals surface area contributed by atoms with Gasteiger partial charge >= 0.3 is 6.01 Å². The molecule has 3 rings (SSSR count). The van der Waals surface area contributed by atoms with Crippen LogP contribution in [0.4, 0.5) is 6.01 Å². The van der Waals surface area contributed by atoms with E-state index in [1.807, 2.05) is 9.80 Å². The number of carbonyl (C=O) groups excluding carboxylic acids is 1. The highest BCUT2D eigenvalue weighted by Crippen LogP contribution is 2.15. The summed E-state index contributed by atoms with van der Waals surface area (Å²) in [5, 5.41) is 7.81. The molecule has 0 aromatic carbocycles. The third-order valence-electron chi connectivity index (χ3n) is 3.26. The van der Waals surface area contributed by atoms with Crippen LogP contribution in [0.25, 0.3) is 0 Å². The number of carbonyl (C=O) groups is 1. The van der Waals surface area contributed by atoms with Gasteiger partial charge in [0.2, 0.25) is 5.89 Å². The van der Waals surface area contributed by atoms with E-state index in [0.29, 0.717) is 43.6 Å². The number of rotatable bonds is 2. The third-order valence-corrected chi connectivity index (χ3v) is 3.26. The van der Waals surface area contributed by atoms with E-state index in [0.717, 1.165) is 0 Å². The average molecular weight is 273 g/mol. The summed E-state index contributed by atoms with van der Waals surface area (Å²) in [5.74, 6) is 0.563. The van der Waals surface area contributed by atoms with E-state index < -0.39 is 0 Å². The number of anilines is 1. The van der Waals surface area contributed by atoms with Crippen molar-refractivity contribution in [3.63, 3.8) is 0 Å². The van der Waals surface area contributed by atoms with E-state index in [4.69, 9.17) is 4.42 Å². The molecule has 1 amide bonds. The van der Waals surface area contributed by atoms with Crippen molar-refractivity contribution in [3.05, 3.63) is 36.0 Å². The molecule has 7 nitrogen and oxygen atoms in total. The fourth-order valence-electron chi connectivity index (χ4n) is 2.19. The molecule has 1 aliphatic heterocycles. The molecular weight excluding hydrogens is 258 g/mol. The Labute approximate surface area is 116 Å². The number of nitrogens with zero attached hydrogens (tertiary/aromatic N) is 5. The van der Waals surface area contributed by atoms with Crippen LogP contribution < -0.4 is 4.90 Å². The van der Waals surface area contributed by atoms with Gasteiger partial charge in [-0.2, -0.15) is 0 Å². The molecular formula is C13H15N5O2. The fraction of sp³-hybridized carbons (Fsp3) is 0.385.